The molecule has 0 aromatic carbocycles. The highest BCUT2D eigenvalue weighted by atomic mass is 16.7. The normalized spacial score (nSPS) is 31.9. The van der Waals surface area contributed by atoms with Crippen molar-refractivity contribution in [2.24, 2.45) is 5.92 Å². The summed E-state index contributed by atoms with van der Waals surface area (Å²) in [6.45, 7) is 3.32. The van der Waals surface area contributed by atoms with Crippen LogP contribution in [-0.2, 0) is 14.3 Å². The van der Waals surface area contributed by atoms with E-state index in [4.69, 9.17) is 9.47 Å². The van der Waals surface area contributed by atoms with Crippen LogP contribution < -0.4 is 10.6 Å². The molecule has 5 heteroatoms. The van der Waals surface area contributed by atoms with Gasteiger partial charge in [-0.05, 0) is 25.8 Å². The van der Waals surface area contributed by atoms with Gasteiger partial charge in [0.2, 0.25) is 5.91 Å². The molecule has 0 aromatic heterocycles. The summed E-state index contributed by atoms with van der Waals surface area (Å²) in [5.41, 5.74) is 0. The lowest BCUT2D eigenvalue weighted by Crippen LogP contribution is -2.44. The minimum absolute atomic E-state index is 0.143. The summed E-state index contributed by atoms with van der Waals surface area (Å²) in [6.07, 6.45) is 4.52. The first kappa shape index (κ1) is 12.4. The van der Waals surface area contributed by atoms with E-state index in [-0.39, 0.29) is 17.6 Å². The van der Waals surface area contributed by atoms with E-state index in [0.717, 1.165) is 45.2 Å². The fourth-order valence-electron chi connectivity index (χ4n) is 3.20. The molecule has 1 atom stereocenters. The molecule has 3 fully saturated rings. The lowest BCUT2D eigenvalue weighted by molar-refractivity contribution is -0.183. The highest BCUT2D eigenvalue weighted by molar-refractivity contribution is 5.79. The minimum Gasteiger partial charge on any atom is -0.352 e. The summed E-state index contributed by atoms with van der Waals surface area (Å²) in [4.78, 5) is 12.1. The molecular formula is C13H22N2O3. The van der Waals surface area contributed by atoms with Gasteiger partial charge in [0.15, 0.2) is 5.79 Å². The quantitative estimate of drug-likeness (QED) is 0.749. The van der Waals surface area contributed by atoms with Gasteiger partial charge >= 0.3 is 0 Å². The molecule has 2 aliphatic heterocycles. The predicted molar refractivity (Wildman–Crippen MR) is 66.0 cm³/mol. The summed E-state index contributed by atoms with van der Waals surface area (Å²) >= 11 is 0. The molecule has 1 spiro atoms. The molecule has 2 heterocycles. The largest absolute Gasteiger partial charge is 0.352 e. The number of hydrogen-bond acceptors (Lipinski definition) is 4. The molecule has 3 rings (SSSR count). The summed E-state index contributed by atoms with van der Waals surface area (Å²) < 4.78 is 11.4. The van der Waals surface area contributed by atoms with Gasteiger partial charge in [-0.2, -0.15) is 0 Å². The summed E-state index contributed by atoms with van der Waals surface area (Å²) in [5.74, 6) is 0.00618. The second kappa shape index (κ2) is 5.15. The van der Waals surface area contributed by atoms with Crippen molar-refractivity contribution >= 4 is 5.91 Å². The van der Waals surface area contributed by atoms with Crippen LogP contribution in [0.1, 0.15) is 32.1 Å². The van der Waals surface area contributed by atoms with Crippen molar-refractivity contribution in [1.29, 1.82) is 0 Å². The number of hydrogen-bond donors (Lipinski definition) is 2. The van der Waals surface area contributed by atoms with E-state index in [9.17, 15) is 4.79 Å². The van der Waals surface area contributed by atoms with E-state index in [1.165, 1.54) is 0 Å². The fourth-order valence-corrected chi connectivity index (χ4v) is 3.20. The van der Waals surface area contributed by atoms with Crippen LogP contribution in [0.25, 0.3) is 0 Å². The standard InChI is InChI=1S/C13H22N2O3/c16-12(15-11-3-6-14-9-11)10-1-4-13(5-2-10)17-7-8-18-13/h10-11,14H,1-9H2,(H,15,16). The number of ether oxygens (including phenoxy) is 2. The fraction of sp³-hybridized carbons (Fsp3) is 0.923. The minimum atomic E-state index is -0.355. The Balaban J connectivity index is 1.48. The molecule has 2 saturated heterocycles. The lowest BCUT2D eigenvalue weighted by Gasteiger charge is -2.35. The van der Waals surface area contributed by atoms with E-state index < -0.39 is 0 Å². The lowest BCUT2D eigenvalue weighted by atomic mass is 9.84. The average molecular weight is 254 g/mol. The molecule has 1 unspecified atom stereocenters. The Morgan fingerprint density at radius 3 is 2.50 bits per heavy atom. The van der Waals surface area contributed by atoms with Gasteiger partial charge in [0.05, 0.1) is 13.2 Å². The maximum atomic E-state index is 12.1. The van der Waals surface area contributed by atoms with Gasteiger partial charge in [-0.15, -0.1) is 0 Å². The molecule has 3 aliphatic rings. The maximum absolute atomic E-state index is 12.1. The number of carbonyl (C=O) groups is 1. The van der Waals surface area contributed by atoms with E-state index in [1.807, 2.05) is 0 Å². The number of nitrogens with one attached hydrogen (secondary N) is 2. The number of amides is 1. The van der Waals surface area contributed by atoms with Crippen LogP contribution >= 0.6 is 0 Å². The molecule has 0 aromatic rings. The van der Waals surface area contributed by atoms with Gasteiger partial charge in [-0.3, -0.25) is 4.79 Å². The van der Waals surface area contributed by atoms with Gasteiger partial charge in [-0.25, -0.2) is 0 Å². The van der Waals surface area contributed by atoms with Crippen molar-refractivity contribution < 1.29 is 14.3 Å². The Labute approximate surface area is 108 Å². The zero-order chi connectivity index (χ0) is 12.4. The Bertz CT molecular complexity index is 299. The first-order valence-corrected chi connectivity index (χ1v) is 7.06. The second-order valence-electron chi connectivity index (χ2n) is 5.58. The summed E-state index contributed by atoms with van der Waals surface area (Å²) in [7, 11) is 0. The van der Waals surface area contributed by atoms with Gasteiger partial charge in [0.1, 0.15) is 0 Å². The van der Waals surface area contributed by atoms with Crippen molar-refractivity contribution in [2.75, 3.05) is 26.3 Å². The molecule has 5 nitrogen and oxygen atoms in total. The molecule has 18 heavy (non-hydrogen) atoms. The SMILES string of the molecule is O=C(NC1CCNC1)C1CCC2(CC1)OCCO2. The Morgan fingerprint density at radius 2 is 1.89 bits per heavy atom. The molecular weight excluding hydrogens is 232 g/mol. The van der Waals surface area contributed by atoms with Crippen LogP contribution in [-0.4, -0.2) is 44.0 Å². The molecule has 0 radical (unpaired) electrons. The first-order chi connectivity index (χ1) is 8.77. The van der Waals surface area contributed by atoms with Gasteiger partial charge in [-0.1, -0.05) is 0 Å². The third-order valence-corrected chi connectivity index (χ3v) is 4.34. The summed E-state index contributed by atoms with van der Waals surface area (Å²) in [6, 6.07) is 0.326. The third-order valence-electron chi connectivity index (χ3n) is 4.34. The molecule has 1 saturated carbocycles. The smallest absolute Gasteiger partial charge is 0.223 e. The van der Waals surface area contributed by atoms with Crippen LogP contribution in [0.5, 0.6) is 0 Å². The molecule has 2 N–H and O–H groups in total. The first-order valence-electron chi connectivity index (χ1n) is 7.06. The van der Waals surface area contributed by atoms with Crippen LogP contribution in [0.3, 0.4) is 0 Å². The number of rotatable bonds is 2. The highest BCUT2D eigenvalue weighted by Gasteiger charge is 2.42. The Kier molecular flexibility index (Phi) is 3.54. The van der Waals surface area contributed by atoms with Gasteiger partial charge in [0, 0.05) is 31.3 Å². The molecule has 1 amide bonds. The van der Waals surface area contributed by atoms with E-state index in [0.29, 0.717) is 19.3 Å². The van der Waals surface area contributed by atoms with Crippen LogP contribution in [0.4, 0.5) is 0 Å². The van der Waals surface area contributed by atoms with E-state index >= 15 is 0 Å². The topological polar surface area (TPSA) is 59.6 Å². The third kappa shape index (κ3) is 2.53. The maximum Gasteiger partial charge on any atom is 0.223 e. The predicted octanol–water partition coefficient (Wildman–Crippen LogP) is 0.398. The second-order valence-corrected chi connectivity index (χ2v) is 5.58. The van der Waals surface area contributed by atoms with Crippen molar-refractivity contribution in [1.82, 2.24) is 10.6 Å². The zero-order valence-electron chi connectivity index (χ0n) is 10.7. The average Bonchev–Trinajstić information content (AvgIpc) is 3.03. The van der Waals surface area contributed by atoms with Gasteiger partial charge < -0.3 is 20.1 Å². The number of carbonyl (C=O) groups excluding carboxylic acids is 1. The van der Waals surface area contributed by atoms with Crippen molar-refractivity contribution in [3.8, 4) is 0 Å². The van der Waals surface area contributed by atoms with Gasteiger partial charge in [0.25, 0.3) is 0 Å². The summed E-state index contributed by atoms with van der Waals surface area (Å²) in [5, 5.41) is 6.41. The van der Waals surface area contributed by atoms with E-state index in [1.54, 1.807) is 0 Å². The highest BCUT2D eigenvalue weighted by Crippen LogP contribution is 2.38. The monoisotopic (exact) mass is 254 g/mol. The zero-order valence-corrected chi connectivity index (χ0v) is 10.7. The molecule has 102 valence electrons. The van der Waals surface area contributed by atoms with Crippen molar-refractivity contribution in [3.63, 3.8) is 0 Å². The van der Waals surface area contributed by atoms with Crippen LogP contribution in [0, 0.1) is 5.92 Å². The van der Waals surface area contributed by atoms with Crippen molar-refractivity contribution in [2.45, 2.75) is 43.9 Å². The Hall–Kier alpha value is -0.650. The molecule has 0 bridgehead atoms. The Morgan fingerprint density at radius 1 is 1.17 bits per heavy atom. The molecule has 1 aliphatic carbocycles. The van der Waals surface area contributed by atoms with E-state index in [2.05, 4.69) is 10.6 Å². The van der Waals surface area contributed by atoms with Crippen LogP contribution in [0.15, 0.2) is 0 Å². The van der Waals surface area contributed by atoms with Crippen LogP contribution in [0.2, 0.25) is 0 Å². The van der Waals surface area contributed by atoms with Crippen molar-refractivity contribution in [3.05, 3.63) is 0 Å².